The van der Waals surface area contributed by atoms with Crippen LogP contribution in [-0.2, 0) is 0 Å². The Morgan fingerprint density at radius 2 is 1.47 bits per heavy atom. The van der Waals surface area contributed by atoms with E-state index in [0.29, 0.717) is 22.0 Å². The largest absolute Gasteiger partial charge is 0.304 e. The molecule has 1 fully saturated rings. The van der Waals surface area contributed by atoms with Crippen molar-refractivity contribution >= 4 is 8.80 Å². The van der Waals surface area contributed by atoms with Crippen molar-refractivity contribution in [1.29, 1.82) is 0 Å². The van der Waals surface area contributed by atoms with Crippen LogP contribution in [0, 0.1) is 10.8 Å². The normalized spacial score (nSPS) is 28.6. The summed E-state index contributed by atoms with van der Waals surface area (Å²) < 4.78 is 0. The Bertz CT molecular complexity index is 337. The van der Waals surface area contributed by atoms with E-state index in [1.807, 2.05) is 0 Å². The molecule has 1 nitrogen and oxygen atoms in total. The second-order valence-electron chi connectivity index (χ2n) is 7.35. The molecule has 0 radical (unpaired) electrons. The second kappa shape index (κ2) is 3.82. The van der Waals surface area contributed by atoms with Gasteiger partial charge in [-0.1, -0.05) is 65.1 Å². The fourth-order valence-corrected chi connectivity index (χ4v) is 8.96. The average Bonchev–Trinajstić information content (AvgIpc) is 2.62. The van der Waals surface area contributed by atoms with Crippen LogP contribution >= 0.6 is 0 Å². The highest BCUT2D eigenvalue weighted by atomic mass is 28.3. The van der Waals surface area contributed by atoms with Gasteiger partial charge in [-0.2, -0.15) is 0 Å². The molecule has 0 atom stereocenters. The molecule has 17 heavy (non-hydrogen) atoms. The minimum Gasteiger partial charge on any atom is -0.304 e. The summed E-state index contributed by atoms with van der Waals surface area (Å²) in [6.07, 6.45) is 10.2. The van der Waals surface area contributed by atoms with Crippen molar-refractivity contribution in [3.8, 4) is 0 Å². The number of hydrogen-bond donors (Lipinski definition) is 1. The average molecular weight is 249 g/mol. The molecule has 0 saturated heterocycles. The minimum absolute atomic E-state index is 0.365. The highest BCUT2D eigenvalue weighted by Gasteiger charge is 2.66. The third-order valence-corrected chi connectivity index (χ3v) is 8.49. The first-order valence-corrected chi connectivity index (χ1v) is 9.74. The molecule has 1 saturated carbocycles. The summed E-state index contributed by atoms with van der Waals surface area (Å²) in [5.74, 6) is 0. The molecule has 2 rings (SSSR count). The molecule has 96 valence electrons. The third kappa shape index (κ3) is 1.68. The van der Waals surface area contributed by atoms with Crippen LogP contribution in [0.1, 0.15) is 34.1 Å². The van der Waals surface area contributed by atoms with E-state index in [1.165, 1.54) is 6.42 Å². The van der Waals surface area contributed by atoms with Gasteiger partial charge in [0.2, 0.25) is 0 Å². The Morgan fingerprint density at radius 1 is 1.00 bits per heavy atom. The molecule has 0 spiro atoms. The summed E-state index contributed by atoms with van der Waals surface area (Å²) in [7, 11) is -0.799. The van der Waals surface area contributed by atoms with E-state index in [1.54, 1.807) is 0 Å². The van der Waals surface area contributed by atoms with Gasteiger partial charge in [0.25, 0.3) is 0 Å². The first kappa shape index (κ1) is 13.1. The molecule has 0 heterocycles. The molecule has 0 bridgehead atoms. The van der Waals surface area contributed by atoms with E-state index in [2.05, 4.69) is 70.4 Å². The Hall–Kier alpha value is -0.343. The van der Waals surface area contributed by atoms with Gasteiger partial charge in [-0.25, -0.2) is 0 Å². The van der Waals surface area contributed by atoms with Crippen LogP contribution in [0.4, 0.5) is 0 Å². The van der Waals surface area contributed by atoms with Crippen molar-refractivity contribution in [2.75, 3.05) is 0 Å². The lowest BCUT2D eigenvalue weighted by molar-refractivity contribution is -0.0807. The lowest BCUT2D eigenvalue weighted by atomic mass is 9.51. The van der Waals surface area contributed by atoms with Crippen LogP contribution in [0.15, 0.2) is 24.3 Å². The SMILES string of the molecule is C[SiH](C)C1(NC2C=CC=C2)C(C)(C)CC1(C)C. The van der Waals surface area contributed by atoms with Gasteiger partial charge in [0.15, 0.2) is 0 Å². The number of hydrogen-bond acceptors (Lipinski definition) is 1. The summed E-state index contributed by atoms with van der Waals surface area (Å²) in [4.78, 5) is 0. The highest BCUT2D eigenvalue weighted by molar-refractivity contribution is 6.60. The first-order valence-electron chi connectivity index (χ1n) is 6.86. The maximum Gasteiger partial charge on any atom is 0.0559 e. The Morgan fingerprint density at radius 3 is 1.82 bits per heavy atom. The smallest absolute Gasteiger partial charge is 0.0559 e. The van der Waals surface area contributed by atoms with E-state index in [0.717, 1.165) is 0 Å². The zero-order valence-corrected chi connectivity index (χ0v) is 13.3. The summed E-state index contributed by atoms with van der Waals surface area (Å²) in [6.45, 7) is 14.8. The van der Waals surface area contributed by atoms with E-state index < -0.39 is 8.80 Å². The first-order chi connectivity index (χ1) is 7.73. The quantitative estimate of drug-likeness (QED) is 0.757. The molecule has 0 aromatic carbocycles. The zero-order valence-electron chi connectivity index (χ0n) is 12.2. The van der Waals surface area contributed by atoms with Crippen molar-refractivity contribution in [3.63, 3.8) is 0 Å². The standard InChI is InChI=1S/C15H27NSi/c1-13(2)11-14(3,4)15(13,17(5)6)16-12-9-7-8-10-12/h7-10,12,16-17H,11H2,1-6H3. The van der Waals surface area contributed by atoms with Crippen molar-refractivity contribution in [2.24, 2.45) is 10.8 Å². The molecule has 2 aliphatic carbocycles. The van der Waals surface area contributed by atoms with E-state index in [4.69, 9.17) is 0 Å². The Kier molecular flexibility index (Phi) is 2.95. The third-order valence-electron chi connectivity index (χ3n) is 5.03. The number of rotatable bonds is 3. The second-order valence-corrected chi connectivity index (χ2v) is 10.5. The van der Waals surface area contributed by atoms with Gasteiger partial charge in [-0.05, 0) is 17.3 Å². The predicted octanol–water partition coefficient (Wildman–Crippen LogP) is 3.29. The van der Waals surface area contributed by atoms with Crippen LogP contribution < -0.4 is 5.32 Å². The molecular weight excluding hydrogens is 222 g/mol. The number of nitrogens with one attached hydrogen (secondary N) is 1. The van der Waals surface area contributed by atoms with E-state index in [-0.39, 0.29) is 0 Å². The molecule has 0 amide bonds. The molecular formula is C15H27NSi. The Labute approximate surface area is 108 Å². The predicted molar refractivity (Wildman–Crippen MR) is 79.0 cm³/mol. The summed E-state index contributed by atoms with van der Waals surface area (Å²) in [5.41, 5.74) is 0.863. The van der Waals surface area contributed by atoms with Crippen LogP contribution in [0.2, 0.25) is 13.1 Å². The lowest BCUT2D eigenvalue weighted by Crippen LogP contribution is -2.80. The van der Waals surface area contributed by atoms with Crippen molar-refractivity contribution in [2.45, 2.75) is 58.4 Å². The minimum atomic E-state index is -0.799. The number of allylic oxidation sites excluding steroid dienone is 2. The Balaban J connectivity index is 2.31. The maximum absolute atomic E-state index is 4.00. The van der Waals surface area contributed by atoms with Gasteiger partial charge < -0.3 is 5.32 Å². The van der Waals surface area contributed by atoms with Crippen molar-refractivity contribution in [1.82, 2.24) is 5.32 Å². The van der Waals surface area contributed by atoms with Crippen LogP contribution in [0.5, 0.6) is 0 Å². The lowest BCUT2D eigenvalue weighted by Gasteiger charge is -2.70. The fourth-order valence-electron chi connectivity index (χ4n) is 5.10. The molecule has 0 aromatic heterocycles. The molecule has 0 unspecified atom stereocenters. The van der Waals surface area contributed by atoms with Gasteiger partial charge in [0.1, 0.15) is 0 Å². The zero-order chi connectivity index (χ0) is 12.9. The summed E-state index contributed by atoms with van der Waals surface area (Å²) in [6, 6.07) is 0.448. The van der Waals surface area contributed by atoms with Crippen LogP contribution in [-0.4, -0.2) is 20.0 Å². The molecule has 2 aliphatic rings. The molecule has 1 N–H and O–H groups in total. The van der Waals surface area contributed by atoms with Gasteiger partial charge >= 0.3 is 0 Å². The van der Waals surface area contributed by atoms with Gasteiger partial charge in [0, 0.05) is 11.2 Å². The molecule has 2 heteroatoms. The van der Waals surface area contributed by atoms with Gasteiger partial charge in [-0.3, -0.25) is 0 Å². The topological polar surface area (TPSA) is 12.0 Å². The van der Waals surface area contributed by atoms with Crippen molar-refractivity contribution < 1.29 is 0 Å². The highest BCUT2D eigenvalue weighted by Crippen LogP contribution is 2.62. The molecule has 0 aromatic rings. The van der Waals surface area contributed by atoms with Crippen molar-refractivity contribution in [3.05, 3.63) is 24.3 Å². The molecule has 0 aliphatic heterocycles. The van der Waals surface area contributed by atoms with E-state index >= 15 is 0 Å². The maximum atomic E-state index is 4.00. The monoisotopic (exact) mass is 249 g/mol. The van der Waals surface area contributed by atoms with Gasteiger partial charge in [0.05, 0.1) is 8.80 Å². The summed E-state index contributed by atoms with van der Waals surface area (Å²) >= 11 is 0. The summed E-state index contributed by atoms with van der Waals surface area (Å²) in [5, 5.41) is 4.36. The fraction of sp³-hybridized carbons (Fsp3) is 0.733. The van der Waals surface area contributed by atoms with Crippen LogP contribution in [0.25, 0.3) is 0 Å². The van der Waals surface area contributed by atoms with Gasteiger partial charge in [-0.15, -0.1) is 0 Å². The van der Waals surface area contributed by atoms with Crippen LogP contribution in [0.3, 0.4) is 0 Å². The van der Waals surface area contributed by atoms with E-state index in [9.17, 15) is 0 Å².